The average molecular weight is 342 g/mol. The summed E-state index contributed by atoms with van der Waals surface area (Å²) in [5, 5.41) is 0. The van der Waals surface area contributed by atoms with Gasteiger partial charge in [-0.15, -0.1) is 0 Å². The van der Waals surface area contributed by atoms with Crippen LogP contribution >= 0.6 is 0 Å². The van der Waals surface area contributed by atoms with Crippen molar-refractivity contribution < 1.29 is 13.9 Å². The van der Waals surface area contributed by atoms with Gasteiger partial charge in [-0.05, 0) is 48.4 Å². The third-order valence-corrected chi connectivity index (χ3v) is 4.53. The maximum absolute atomic E-state index is 13.0. The van der Waals surface area contributed by atoms with Crippen LogP contribution in [0.3, 0.4) is 0 Å². The van der Waals surface area contributed by atoms with Gasteiger partial charge < -0.3 is 9.64 Å². The van der Waals surface area contributed by atoms with Gasteiger partial charge in [0, 0.05) is 38.3 Å². The van der Waals surface area contributed by atoms with E-state index in [1.54, 1.807) is 19.2 Å². The zero-order valence-electron chi connectivity index (χ0n) is 14.5. The smallest absolute Gasteiger partial charge is 0.253 e. The van der Waals surface area contributed by atoms with Crippen LogP contribution < -0.4 is 4.74 Å². The topological polar surface area (TPSA) is 32.8 Å². The summed E-state index contributed by atoms with van der Waals surface area (Å²) in [5.74, 6) is 0.514. The Bertz CT molecular complexity index is 701. The van der Waals surface area contributed by atoms with Crippen molar-refractivity contribution in [2.75, 3.05) is 33.3 Å². The van der Waals surface area contributed by atoms with E-state index in [0.717, 1.165) is 38.3 Å². The van der Waals surface area contributed by atoms with Gasteiger partial charge in [0.1, 0.15) is 11.6 Å². The summed E-state index contributed by atoms with van der Waals surface area (Å²) < 4.78 is 18.2. The van der Waals surface area contributed by atoms with Crippen molar-refractivity contribution in [1.29, 1.82) is 0 Å². The Hall–Kier alpha value is -2.40. The van der Waals surface area contributed by atoms with Gasteiger partial charge >= 0.3 is 0 Å². The van der Waals surface area contributed by atoms with Crippen molar-refractivity contribution in [2.45, 2.75) is 13.0 Å². The van der Waals surface area contributed by atoms with E-state index in [2.05, 4.69) is 17.0 Å². The van der Waals surface area contributed by atoms with Gasteiger partial charge in [0.25, 0.3) is 5.91 Å². The molecule has 0 bridgehead atoms. The van der Waals surface area contributed by atoms with Gasteiger partial charge in [0.15, 0.2) is 0 Å². The second-order valence-corrected chi connectivity index (χ2v) is 6.28. The molecule has 0 aromatic heterocycles. The second kappa shape index (κ2) is 8.12. The first-order chi connectivity index (χ1) is 12.2. The van der Waals surface area contributed by atoms with E-state index in [4.69, 9.17) is 4.74 Å². The van der Waals surface area contributed by atoms with Gasteiger partial charge in [-0.1, -0.05) is 12.1 Å². The van der Waals surface area contributed by atoms with Crippen molar-refractivity contribution in [3.05, 3.63) is 65.5 Å². The predicted octanol–water partition coefficient (Wildman–Crippen LogP) is 3.18. The Labute approximate surface area is 147 Å². The number of nitrogens with zero attached hydrogens (tertiary/aromatic N) is 2. The highest BCUT2D eigenvalue weighted by atomic mass is 19.1. The molecule has 5 heteroatoms. The summed E-state index contributed by atoms with van der Waals surface area (Å²) in [6.07, 6.45) is 0.934. The van der Waals surface area contributed by atoms with Crippen molar-refractivity contribution in [2.24, 2.45) is 0 Å². The van der Waals surface area contributed by atoms with Crippen molar-refractivity contribution in [1.82, 2.24) is 9.80 Å². The fraction of sp³-hybridized carbons (Fsp3) is 0.350. The van der Waals surface area contributed by atoms with Gasteiger partial charge in [-0.3, -0.25) is 9.69 Å². The fourth-order valence-corrected chi connectivity index (χ4v) is 3.10. The summed E-state index contributed by atoms with van der Waals surface area (Å²) in [4.78, 5) is 16.8. The molecule has 3 rings (SSSR count). The molecule has 1 fully saturated rings. The summed E-state index contributed by atoms with van der Waals surface area (Å²) in [5.41, 5.74) is 1.78. The van der Waals surface area contributed by atoms with Crippen LogP contribution in [0.1, 0.15) is 22.3 Å². The van der Waals surface area contributed by atoms with E-state index in [1.165, 1.54) is 17.7 Å². The summed E-state index contributed by atoms with van der Waals surface area (Å²) >= 11 is 0. The second-order valence-electron chi connectivity index (χ2n) is 6.28. The molecule has 4 nitrogen and oxygen atoms in total. The van der Waals surface area contributed by atoms with E-state index in [-0.39, 0.29) is 11.7 Å². The number of rotatable bonds is 4. The number of hydrogen-bond donors (Lipinski definition) is 0. The molecule has 0 N–H and O–H groups in total. The number of amides is 1. The first-order valence-corrected chi connectivity index (χ1v) is 8.56. The lowest BCUT2D eigenvalue weighted by Gasteiger charge is -2.22. The monoisotopic (exact) mass is 342 g/mol. The summed E-state index contributed by atoms with van der Waals surface area (Å²) in [6, 6.07) is 13.9. The Kier molecular flexibility index (Phi) is 5.66. The Balaban J connectivity index is 1.57. The Morgan fingerprint density at radius 1 is 1.00 bits per heavy atom. The van der Waals surface area contributed by atoms with Crippen LogP contribution in [0.5, 0.6) is 5.75 Å². The van der Waals surface area contributed by atoms with E-state index in [0.29, 0.717) is 12.1 Å². The third kappa shape index (κ3) is 4.57. The van der Waals surface area contributed by atoms with Crippen LogP contribution in [0.4, 0.5) is 4.39 Å². The van der Waals surface area contributed by atoms with Crippen LogP contribution in [-0.4, -0.2) is 49.0 Å². The van der Waals surface area contributed by atoms with Crippen LogP contribution in [0.2, 0.25) is 0 Å². The van der Waals surface area contributed by atoms with Gasteiger partial charge in [-0.25, -0.2) is 4.39 Å². The van der Waals surface area contributed by atoms with E-state index < -0.39 is 0 Å². The Morgan fingerprint density at radius 2 is 1.72 bits per heavy atom. The minimum absolute atomic E-state index is 0.0219. The highest BCUT2D eigenvalue weighted by molar-refractivity contribution is 5.94. The number of carbonyl (C=O) groups excluding carboxylic acids is 1. The normalized spacial score (nSPS) is 15.7. The fourth-order valence-electron chi connectivity index (χ4n) is 3.10. The molecular formula is C20H23FN2O2. The van der Waals surface area contributed by atoms with Gasteiger partial charge in [0.05, 0.1) is 7.11 Å². The number of methoxy groups -OCH3 is 1. The molecule has 1 aliphatic heterocycles. The molecule has 0 radical (unpaired) electrons. The molecular weight excluding hydrogens is 319 g/mol. The van der Waals surface area contributed by atoms with Crippen molar-refractivity contribution in [3.8, 4) is 5.75 Å². The molecule has 25 heavy (non-hydrogen) atoms. The Morgan fingerprint density at radius 3 is 2.40 bits per heavy atom. The molecule has 1 heterocycles. The van der Waals surface area contributed by atoms with E-state index in [9.17, 15) is 9.18 Å². The van der Waals surface area contributed by atoms with Crippen molar-refractivity contribution in [3.63, 3.8) is 0 Å². The molecule has 1 amide bonds. The lowest BCUT2D eigenvalue weighted by atomic mass is 10.2. The highest BCUT2D eigenvalue weighted by Crippen LogP contribution is 2.15. The zero-order chi connectivity index (χ0) is 17.6. The molecule has 2 aromatic carbocycles. The third-order valence-electron chi connectivity index (χ3n) is 4.53. The van der Waals surface area contributed by atoms with Crippen LogP contribution in [0.15, 0.2) is 48.5 Å². The minimum atomic E-state index is -0.321. The summed E-state index contributed by atoms with van der Waals surface area (Å²) in [7, 11) is 1.66. The molecule has 2 aromatic rings. The SMILES string of the molecule is COc1ccc(CN2CCCN(C(=O)c3ccc(F)cc3)CC2)cc1. The maximum atomic E-state index is 13.0. The standard InChI is InChI=1S/C20H23FN2O2/c1-25-19-9-3-16(4-10-19)15-22-11-2-12-23(14-13-22)20(24)17-5-7-18(21)8-6-17/h3-10H,2,11-15H2,1H3. The molecule has 0 atom stereocenters. The number of halogens is 1. The van der Waals surface area contributed by atoms with E-state index >= 15 is 0 Å². The molecule has 1 aliphatic rings. The maximum Gasteiger partial charge on any atom is 0.253 e. The molecule has 132 valence electrons. The zero-order valence-corrected chi connectivity index (χ0v) is 14.5. The minimum Gasteiger partial charge on any atom is -0.497 e. The molecule has 0 aliphatic carbocycles. The molecule has 0 unspecified atom stereocenters. The lowest BCUT2D eigenvalue weighted by Crippen LogP contribution is -2.35. The number of benzene rings is 2. The molecule has 1 saturated heterocycles. The van der Waals surface area contributed by atoms with Gasteiger partial charge in [-0.2, -0.15) is 0 Å². The first kappa shape index (κ1) is 17.4. The molecule has 0 saturated carbocycles. The average Bonchev–Trinajstić information content (AvgIpc) is 2.88. The highest BCUT2D eigenvalue weighted by Gasteiger charge is 2.20. The molecule has 0 spiro atoms. The van der Waals surface area contributed by atoms with Crippen LogP contribution in [0, 0.1) is 5.82 Å². The number of hydrogen-bond acceptors (Lipinski definition) is 3. The number of carbonyl (C=O) groups is 1. The first-order valence-electron chi connectivity index (χ1n) is 8.56. The number of ether oxygens (including phenoxy) is 1. The van der Waals surface area contributed by atoms with Gasteiger partial charge in [0.2, 0.25) is 0 Å². The lowest BCUT2D eigenvalue weighted by molar-refractivity contribution is 0.0761. The largest absolute Gasteiger partial charge is 0.497 e. The quantitative estimate of drug-likeness (QED) is 0.855. The van der Waals surface area contributed by atoms with E-state index in [1.807, 2.05) is 17.0 Å². The van der Waals surface area contributed by atoms with Crippen molar-refractivity contribution >= 4 is 5.91 Å². The predicted molar refractivity (Wildman–Crippen MR) is 95.2 cm³/mol. The van der Waals surface area contributed by atoms with Crippen LogP contribution in [0.25, 0.3) is 0 Å². The van der Waals surface area contributed by atoms with Crippen LogP contribution in [-0.2, 0) is 6.54 Å². The summed E-state index contributed by atoms with van der Waals surface area (Å²) in [6.45, 7) is 4.07.